The van der Waals surface area contributed by atoms with Gasteiger partial charge in [-0.15, -0.1) is 0 Å². The minimum atomic E-state index is -0.894. The maximum Gasteiger partial charge on any atom is 0.313 e. The van der Waals surface area contributed by atoms with Crippen molar-refractivity contribution in [2.24, 2.45) is 16.7 Å². The van der Waals surface area contributed by atoms with Gasteiger partial charge in [0.15, 0.2) is 6.61 Å². The zero-order chi connectivity index (χ0) is 20.9. The first-order valence-electron chi connectivity index (χ1n) is 9.68. The Kier molecular flexibility index (Phi) is 8.05. The van der Waals surface area contributed by atoms with Gasteiger partial charge in [-0.2, -0.15) is 10.0 Å². The molecule has 0 N–H and O–H groups in total. The molecule has 0 aliphatic rings. The highest BCUT2D eigenvalue weighted by molar-refractivity contribution is 8.35. The molecule has 1 unspecified atom stereocenters. The lowest BCUT2D eigenvalue weighted by Crippen LogP contribution is -2.42. The van der Waals surface area contributed by atoms with E-state index in [0.717, 1.165) is 6.42 Å². The Morgan fingerprint density at radius 2 is 1.63 bits per heavy atom. The standard InChI is InChI=1S/C24H38O2S/c1-19(2)21(20-14-11-10-12-15-20)18-23(3,4)24(5,6)22(25)26-16-13-17-27(7,8)9/h10-12,14-15,19,21H,16,18H2,1-9H3. The van der Waals surface area contributed by atoms with E-state index < -0.39 is 15.4 Å². The first-order valence-corrected chi connectivity index (χ1v) is 12.5. The van der Waals surface area contributed by atoms with Gasteiger partial charge in [0.05, 0.1) is 5.41 Å². The molecular weight excluding hydrogens is 352 g/mol. The molecule has 1 atom stereocenters. The van der Waals surface area contributed by atoms with Crippen LogP contribution in [0.4, 0.5) is 0 Å². The van der Waals surface area contributed by atoms with E-state index in [4.69, 9.17) is 4.74 Å². The van der Waals surface area contributed by atoms with Crippen LogP contribution in [0, 0.1) is 27.9 Å². The van der Waals surface area contributed by atoms with Gasteiger partial charge in [0.2, 0.25) is 0 Å². The van der Waals surface area contributed by atoms with Gasteiger partial charge in [-0.1, -0.05) is 69.2 Å². The van der Waals surface area contributed by atoms with E-state index in [0.29, 0.717) is 11.8 Å². The molecule has 3 heteroatoms. The molecule has 152 valence electrons. The van der Waals surface area contributed by atoms with Gasteiger partial charge >= 0.3 is 5.97 Å². The second-order valence-electron chi connectivity index (χ2n) is 9.67. The van der Waals surface area contributed by atoms with Crippen LogP contribution in [0.1, 0.15) is 59.4 Å². The molecule has 2 nitrogen and oxygen atoms in total. The summed E-state index contributed by atoms with van der Waals surface area (Å²) in [4.78, 5) is 12.8. The fraction of sp³-hybridized carbons (Fsp3) is 0.625. The summed E-state index contributed by atoms with van der Waals surface area (Å²) in [5.74, 6) is 3.74. The molecular formula is C24H38O2S. The normalized spacial score (nSPS) is 14.3. The second-order valence-corrected chi connectivity index (χ2v) is 13.5. The fourth-order valence-electron chi connectivity index (χ4n) is 3.05. The van der Waals surface area contributed by atoms with Crippen LogP contribution in [-0.4, -0.2) is 31.3 Å². The number of esters is 1. The quantitative estimate of drug-likeness (QED) is 0.417. The zero-order valence-corrected chi connectivity index (χ0v) is 19.5. The van der Waals surface area contributed by atoms with Crippen LogP contribution in [0.5, 0.6) is 0 Å². The maximum absolute atomic E-state index is 12.8. The summed E-state index contributed by atoms with van der Waals surface area (Å²) in [6.07, 6.45) is 7.31. The average Bonchev–Trinajstić information content (AvgIpc) is 2.55. The van der Waals surface area contributed by atoms with Crippen molar-refractivity contribution < 1.29 is 9.53 Å². The lowest BCUT2D eigenvalue weighted by molar-refractivity contribution is -0.160. The average molecular weight is 391 g/mol. The van der Waals surface area contributed by atoms with Crippen molar-refractivity contribution in [3.8, 4) is 11.2 Å². The lowest BCUT2D eigenvalue weighted by atomic mass is 9.62. The van der Waals surface area contributed by atoms with Crippen LogP contribution in [0.3, 0.4) is 0 Å². The van der Waals surface area contributed by atoms with Crippen LogP contribution < -0.4 is 0 Å². The Balaban J connectivity index is 2.91. The number of rotatable bonds is 7. The molecule has 0 radical (unpaired) electrons. The van der Waals surface area contributed by atoms with E-state index in [2.05, 4.69) is 81.9 Å². The van der Waals surface area contributed by atoms with Crippen molar-refractivity contribution in [3.05, 3.63) is 35.9 Å². The van der Waals surface area contributed by atoms with Crippen molar-refractivity contribution in [2.45, 2.75) is 53.9 Å². The molecule has 1 aromatic rings. The number of ether oxygens (including phenoxy) is 1. The second kappa shape index (κ2) is 9.20. The highest BCUT2D eigenvalue weighted by Gasteiger charge is 2.45. The van der Waals surface area contributed by atoms with Gasteiger partial charge in [-0.3, -0.25) is 4.79 Å². The summed E-state index contributed by atoms with van der Waals surface area (Å²) in [7, 11) is -0.894. The molecule has 0 aliphatic carbocycles. The fourth-order valence-corrected chi connectivity index (χ4v) is 3.54. The Morgan fingerprint density at radius 3 is 2.11 bits per heavy atom. The highest BCUT2D eigenvalue weighted by atomic mass is 32.3. The van der Waals surface area contributed by atoms with Crippen LogP contribution >= 0.6 is 10.0 Å². The van der Waals surface area contributed by atoms with Gasteiger partial charge in [0, 0.05) is 0 Å². The maximum atomic E-state index is 12.8. The van der Waals surface area contributed by atoms with E-state index in [1.165, 1.54) is 5.56 Å². The number of carbonyl (C=O) groups excluding carboxylic acids is 1. The summed E-state index contributed by atoms with van der Waals surface area (Å²) >= 11 is 0. The van der Waals surface area contributed by atoms with Crippen molar-refractivity contribution in [1.29, 1.82) is 0 Å². The number of benzene rings is 1. The zero-order valence-electron chi connectivity index (χ0n) is 18.7. The SMILES string of the molecule is CC(C)C(CC(C)(C)C(C)(C)C(=O)OCC#CS(C)(C)C)c1ccccc1. The van der Waals surface area contributed by atoms with Crippen molar-refractivity contribution in [3.63, 3.8) is 0 Å². The first-order chi connectivity index (χ1) is 12.3. The number of carbonyl (C=O) groups is 1. The van der Waals surface area contributed by atoms with Crippen LogP contribution in [0.25, 0.3) is 0 Å². The Morgan fingerprint density at radius 1 is 1.07 bits per heavy atom. The predicted octanol–water partition coefficient (Wildman–Crippen LogP) is 6.07. The first kappa shape index (κ1) is 23.6. The Hall–Kier alpha value is -1.40. The smallest absolute Gasteiger partial charge is 0.313 e. The van der Waals surface area contributed by atoms with Crippen molar-refractivity contribution in [1.82, 2.24) is 0 Å². The van der Waals surface area contributed by atoms with Gasteiger partial charge in [-0.25, -0.2) is 0 Å². The van der Waals surface area contributed by atoms with E-state index >= 15 is 0 Å². The van der Waals surface area contributed by atoms with Crippen LogP contribution in [0.2, 0.25) is 0 Å². The van der Waals surface area contributed by atoms with E-state index in [1.54, 1.807) is 0 Å². The molecule has 0 amide bonds. The summed E-state index contributed by atoms with van der Waals surface area (Å²) in [6, 6.07) is 10.6. The van der Waals surface area contributed by atoms with Crippen LogP contribution in [-0.2, 0) is 9.53 Å². The molecule has 1 aromatic carbocycles. The molecule has 0 aromatic heterocycles. The van der Waals surface area contributed by atoms with Crippen molar-refractivity contribution >= 4 is 16.0 Å². The summed E-state index contributed by atoms with van der Waals surface area (Å²) < 4.78 is 5.54. The van der Waals surface area contributed by atoms with Crippen molar-refractivity contribution in [2.75, 3.05) is 25.4 Å². The predicted molar refractivity (Wildman–Crippen MR) is 120 cm³/mol. The number of hydrogen-bond donors (Lipinski definition) is 0. The molecule has 0 heterocycles. The van der Waals surface area contributed by atoms with E-state index in [1.807, 2.05) is 19.9 Å². The Labute approximate surface area is 168 Å². The van der Waals surface area contributed by atoms with E-state index in [9.17, 15) is 4.79 Å². The van der Waals surface area contributed by atoms with Crippen LogP contribution in [0.15, 0.2) is 30.3 Å². The number of hydrogen-bond acceptors (Lipinski definition) is 2. The third-order valence-corrected chi connectivity index (χ3v) is 6.38. The topological polar surface area (TPSA) is 26.3 Å². The largest absolute Gasteiger partial charge is 0.452 e. The summed E-state index contributed by atoms with van der Waals surface area (Å²) in [6.45, 7) is 13.0. The van der Waals surface area contributed by atoms with Gasteiger partial charge < -0.3 is 4.74 Å². The molecule has 0 aliphatic heterocycles. The summed E-state index contributed by atoms with van der Waals surface area (Å²) in [5, 5.41) is 3.19. The highest BCUT2D eigenvalue weighted by Crippen LogP contribution is 2.47. The molecule has 27 heavy (non-hydrogen) atoms. The monoisotopic (exact) mass is 390 g/mol. The molecule has 0 saturated heterocycles. The lowest BCUT2D eigenvalue weighted by Gasteiger charge is -2.42. The Bertz CT molecular complexity index is 670. The molecule has 0 bridgehead atoms. The third-order valence-electron chi connectivity index (χ3n) is 5.62. The molecule has 0 fully saturated rings. The molecule has 0 spiro atoms. The third kappa shape index (κ3) is 6.92. The molecule has 1 rings (SSSR count). The summed E-state index contributed by atoms with van der Waals surface area (Å²) in [5.41, 5.74) is 0.534. The van der Waals surface area contributed by atoms with Gasteiger partial charge in [0.25, 0.3) is 0 Å². The minimum Gasteiger partial charge on any atom is -0.452 e. The van der Waals surface area contributed by atoms with Gasteiger partial charge in [-0.05, 0) is 61.8 Å². The molecule has 0 saturated carbocycles. The van der Waals surface area contributed by atoms with E-state index in [-0.39, 0.29) is 18.0 Å². The van der Waals surface area contributed by atoms with Gasteiger partial charge in [0.1, 0.15) is 0 Å². The minimum absolute atomic E-state index is 0.165.